The highest BCUT2D eigenvalue weighted by Crippen LogP contribution is 2.14. The SMILES string of the molecule is CC(=O)Oc1ccccc1.NC1CCC(N)CC1. The topological polar surface area (TPSA) is 78.3 Å². The van der Waals surface area contributed by atoms with E-state index in [1.165, 1.54) is 6.92 Å². The minimum Gasteiger partial charge on any atom is -0.427 e. The van der Waals surface area contributed by atoms with Crippen LogP contribution >= 0.6 is 0 Å². The van der Waals surface area contributed by atoms with E-state index in [0.29, 0.717) is 17.8 Å². The maximum absolute atomic E-state index is 10.4. The molecule has 0 amide bonds. The van der Waals surface area contributed by atoms with Gasteiger partial charge in [0, 0.05) is 19.0 Å². The minimum absolute atomic E-state index is 0.286. The molecule has 2 rings (SSSR count). The molecule has 0 radical (unpaired) electrons. The van der Waals surface area contributed by atoms with Gasteiger partial charge in [-0.25, -0.2) is 0 Å². The van der Waals surface area contributed by atoms with Crippen LogP contribution in [0.1, 0.15) is 32.6 Å². The molecular weight excluding hydrogens is 228 g/mol. The molecule has 18 heavy (non-hydrogen) atoms. The second-order valence-corrected chi connectivity index (χ2v) is 4.58. The molecule has 0 spiro atoms. The Labute approximate surface area is 108 Å². The van der Waals surface area contributed by atoms with E-state index in [-0.39, 0.29) is 5.97 Å². The Bertz CT molecular complexity index is 336. The third-order valence-electron chi connectivity index (χ3n) is 2.82. The van der Waals surface area contributed by atoms with Crippen LogP contribution in [0.3, 0.4) is 0 Å². The molecule has 0 heterocycles. The zero-order valence-electron chi connectivity index (χ0n) is 10.8. The van der Waals surface area contributed by atoms with Gasteiger partial charge in [-0.2, -0.15) is 0 Å². The highest BCUT2D eigenvalue weighted by atomic mass is 16.5. The van der Waals surface area contributed by atoms with Crippen molar-refractivity contribution in [1.82, 2.24) is 0 Å². The van der Waals surface area contributed by atoms with Crippen LogP contribution < -0.4 is 16.2 Å². The van der Waals surface area contributed by atoms with E-state index in [1.54, 1.807) is 12.1 Å². The zero-order chi connectivity index (χ0) is 13.4. The summed E-state index contributed by atoms with van der Waals surface area (Å²) >= 11 is 0. The number of rotatable bonds is 1. The lowest BCUT2D eigenvalue weighted by Crippen LogP contribution is -2.33. The predicted octanol–water partition coefficient (Wildman–Crippen LogP) is 1.83. The van der Waals surface area contributed by atoms with Crippen LogP contribution in [0.25, 0.3) is 0 Å². The van der Waals surface area contributed by atoms with Crippen molar-refractivity contribution in [3.8, 4) is 5.75 Å². The number of benzene rings is 1. The Hall–Kier alpha value is -1.39. The Morgan fingerprint density at radius 1 is 1.06 bits per heavy atom. The Balaban J connectivity index is 0.000000184. The molecule has 100 valence electrons. The van der Waals surface area contributed by atoms with E-state index in [2.05, 4.69) is 0 Å². The smallest absolute Gasteiger partial charge is 0.308 e. The van der Waals surface area contributed by atoms with Gasteiger partial charge in [0.05, 0.1) is 0 Å². The van der Waals surface area contributed by atoms with Crippen LogP contribution in [-0.2, 0) is 4.79 Å². The number of hydrogen-bond donors (Lipinski definition) is 2. The Morgan fingerprint density at radius 3 is 1.89 bits per heavy atom. The number of hydrogen-bond acceptors (Lipinski definition) is 4. The molecule has 1 fully saturated rings. The first-order valence-electron chi connectivity index (χ1n) is 6.32. The monoisotopic (exact) mass is 250 g/mol. The molecule has 1 aromatic carbocycles. The fourth-order valence-electron chi connectivity index (χ4n) is 1.80. The Morgan fingerprint density at radius 2 is 1.50 bits per heavy atom. The van der Waals surface area contributed by atoms with Gasteiger partial charge in [-0.05, 0) is 37.8 Å². The zero-order valence-corrected chi connectivity index (χ0v) is 10.8. The van der Waals surface area contributed by atoms with Crippen molar-refractivity contribution in [1.29, 1.82) is 0 Å². The van der Waals surface area contributed by atoms with Gasteiger partial charge in [0.2, 0.25) is 0 Å². The van der Waals surface area contributed by atoms with Crippen LogP contribution in [0.4, 0.5) is 0 Å². The van der Waals surface area contributed by atoms with Crippen LogP contribution in [-0.4, -0.2) is 18.1 Å². The fraction of sp³-hybridized carbons (Fsp3) is 0.500. The van der Waals surface area contributed by atoms with Crippen LogP contribution in [0, 0.1) is 0 Å². The Kier molecular flexibility index (Phi) is 6.39. The van der Waals surface area contributed by atoms with Crippen LogP contribution in [0.5, 0.6) is 5.75 Å². The first kappa shape index (κ1) is 14.7. The van der Waals surface area contributed by atoms with E-state index in [4.69, 9.17) is 16.2 Å². The normalized spacial score (nSPS) is 22.6. The van der Waals surface area contributed by atoms with Gasteiger partial charge in [-0.15, -0.1) is 0 Å². The first-order chi connectivity index (χ1) is 8.58. The number of ether oxygens (including phenoxy) is 1. The molecule has 0 atom stereocenters. The lowest BCUT2D eigenvalue weighted by atomic mass is 9.93. The van der Waals surface area contributed by atoms with Gasteiger partial charge in [0.15, 0.2) is 0 Å². The second kappa shape index (κ2) is 7.84. The maximum Gasteiger partial charge on any atom is 0.308 e. The van der Waals surface area contributed by atoms with Gasteiger partial charge in [0.25, 0.3) is 0 Å². The van der Waals surface area contributed by atoms with Crippen molar-refractivity contribution in [3.05, 3.63) is 30.3 Å². The number of carbonyl (C=O) groups excluding carboxylic acids is 1. The molecule has 4 N–H and O–H groups in total. The second-order valence-electron chi connectivity index (χ2n) is 4.58. The summed E-state index contributed by atoms with van der Waals surface area (Å²) in [5.74, 6) is 0.307. The molecule has 0 aliphatic heterocycles. The van der Waals surface area contributed by atoms with E-state index in [0.717, 1.165) is 25.7 Å². The summed E-state index contributed by atoms with van der Waals surface area (Å²) in [6.07, 6.45) is 4.50. The summed E-state index contributed by atoms with van der Waals surface area (Å²) in [6.45, 7) is 1.38. The standard InChI is InChI=1S/C8H8O2.C6H14N2/c1-7(9)10-8-5-3-2-4-6-8;7-5-1-2-6(8)4-3-5/h2-6H,1H3;5-6H,1-4,7-8H2. The van der Waals surface area contributed by atoms with E-state index in [1.807, 2.05) is 18.2 Å². The van der Waals surface area contributed by atoms with Crippen molar-refractivity contribution in [2.75, 3.05) is 0 Å². The van der Waals surface area contributed by atoms with E-state index in [9.17, 15) is 4.79 Å². The molecule has 0 aromatic heterocycles. The summed E-state index contributed by atoms with van der Waals surface area (Å²) in [4.78, 5) is 10.4. The molecule has 0 bridgehead atoms. The van der Waals surface area contributed by atoms with Crippen molar-refractivity contribution in [2.45, 2.75) is 44.7 Å². The van der Waals surface area contributed by atoms with Crippen molar-refractivity contribution in [2.24, 2.45) is 11.5 Å². The highest BCUT2D eigenvalue weighted by molar-refractivity contribution is 5.69. The summed E-state index contributed by atoms with van der Waals surface area (Å²) in [5.41, 5.74) is 11.3. The summed E-state index contributed by atoms with van der Waals surface area (Å²) < 4.78 is 4.78. The van der Waals surface area contributed by atoms with Gasteiger partial charge in [-0.1, -0.05) is 18.2 Å². The van der Waals surface area contributed by atoms with Crippen molar-refractivity contribution >= 4 is 5.97 Å². The molecule has 4 heteroatoms. The van der Waals surface area contributed by atoms with Gasteiger partial charge < -0.3 is 16.2 Å². The largest absolute Gasteiger partial charge is 0.427 e. The van der Waals surface area contributed by atoms with Gasteiger partial charge >= 0.3 is 5.97 Å². The minimum atomic E-state index is -0.286. The number of para-hydroxylation sites is 1. The fourth-order valence-corrected chi connectivity index (χ4v) is 1.80. The molecule has 4 nitrogen and oxygen atoms in total. The predicted molar refractivity (Wildman–Crippen MR) is 72.2 cm³/mol. The third-order valence-corrected chi connectivity index (χ3v) is 2.82. The van der Waals surface area contributed by atoms with Crippen molar-refractivity contribution in [3.63, 3.8) is 0 Å². The maximum atomic E-state index is 10.4. The molecule has 1 aliphatic carbocycles. The molecule has 1 aliphatic rings. The van der Waals surface area contributed by atoms with Gasteiger partial charge in [-0.3, -0.25) is 4.79 Å². The molecule has 1 saturated carbocycles. The molecule has 0 saturated heterocycles. The average Bonchev–Trinajstić information content (AvgIpc) is 2.34. The highest BCUT2D eigenvalue weighted by Gasteiger charge is 2.13. The number of nitrogens with two attached hydrogens (primary N) is 2. The van der Waals surface area contributed by atoms with E-state index >= 15 is 0 Å². The van der Waals surface area contributed by atoms with Crippen LogP contribution in [0.15, 0.2) is 30.3 Å². The third kappa shape index (κ3) is 6.37. The molecule has 0 unspecified atom stereocenters. The lowest BCUT2D eigenvalue weighted by molar-refractivity contribution is -0.131. The molecular formula is C14H22N2O2. The quantitative estimate of drug-likeness (QED) is 0.588. The lowest BCUT2D eigenvalue weighted by Gasteiger charge is -2.22. The summed E-state index contributed by atoms with van der Waals surface area (Å²) in [5, 5.41) is 0. The number of esters is 1. The van der Waals surface area contributed by atoms with Crippen molar-refractivity contribution < 1.29 is 9.53 Å². The average molecular weight is 250 g/mol. The van der Waals surface area contributed by atoms with Crippen LogP contribution in [0.2, 0.25) is 0 Å². The first-order valence-corrected chi connectivity index (χ1v) is 6.32. The molecule has 1 aromatic rings. The summed E-state index contributed by atoms with van der Waals surface area (Å²) in [7, 11) is 0. The van der Waals surface area contributed by atoms with Gasteiger partial charge in [0.1, 0.15) is 5.75 Å². The summed E-state index contributed by atoms with van der Waals surface area (Å²) in [6, 6.07) is 9.86. The number of carbonyl (C=O) groups is 1. The van der Waals surface area contributed by atoms with E-state index < -0.39 is 0 Å².